The molecule has 0 spiro atoms. The first kappa shape index (κ1) is 28.3. The van der Waals surface area contributed by atoms with E-state index in [1.807, 2.05) is 0 Å². The normalized spacial score (nSPS) is 25.9. The number of benzene rings is 1. The quantitative estimate of drug-likeness (QED) is 0.328. The number of fused-ring (bicyclic) bond motifs is 4. The summed E-state index contributed by atoms with van der Waals surface area (Å²) in [7, 11) is 0. The molecule has 3 fully saturated rings. The van der Waals surface area contributed by atoms with Crippen molar-refractivity contribution in [3.8, 4) is 35.5 Å². The van der Waals surface area contributed by atoms with Gasteiger partial charge >= 0.3 is 6.01 Å². The predicted octanol–water partition coefficient (Wildman–Crippen LogP) is 4.40. The van der Waals surface area contributed by atoms with Gasteiger partial charge < -0.3 is 19.7 Å². The summed E-state index contributed by atoms with van der Waals surface area (Å²) in [5.74, 6) is 1.70. The Balaban J connectivity index is 1.32. The van der Waals surface area contributed by atoms with Crippen LogP contribution in [0.3, 0.4) is 0 Å². The molecule has 7 heterocycles. The van der Waals surface area contributed by atoms with Crippen LogP contribution in [0.1, 0.15) is 38.2 Å². The van der Waals surface area contributed by atoms with Crippen molar-refractivity contribution in [3.63, 3.8) is 0 Å². The fraction of sp³-hybridized carbons (Fsp3) is 0.455. The third-order valence-corrected chi connectivity index (χ3v) is 9.94. The summed E-state index contributed by atoms with van der Waals surface area (Å²) >= 11 is 0. The molecular formula is C33H32F3N7O2. The molecule has 4 aliphatic rings. The Kier molecular flexibility index (Phi) is 6.73. The molecule has 1 aromatic carbocycles. The van der Waals surface area contributed by atoms with Gasteiger partial charge in [-0.05, 0) is 37.9 Å². The molecule has 0 saturated carbocycles. The number of nitrogens with zero attached hydrogens (tertiary/aromatic N) is 6. The SMILES string of the molecule is C#Cc1c(F)ccc2cncc(-c3nc4c5c(nc(OC[C@@]67CCCN6C[C@H](F)C7)nc5c3F)N3CCN[C@@H](CC)[C@H]3CO4)c12. The first-order chi connectivity index (χ1) is 21.9. The van der Waals surface area contributed by atoms with Crippen LogP contribution in [-0.4, -0.2) is 88.0 Å². The Morgan fingerprint density at radius 1 is 1.18 bits per heavy atom. The first-order valence-corrected chi connectivity index (χ1v) is 15.5. The number of hydrogen-bond acceptors (Lipinski definition) is 9. The zero-order valence-corrected chi connectivity index (χ0v) is 24.8. The maximum absolute atomic E-state index is 16.9. The molecule has 1 N–H and O–H groups in total. The van der Waals surface area contributed by atoms with Gasteiger partial charge in [0.1, 0.15) is 47.6 Å². The number of rotatable bonds is 5. The van der Waals surface area contributed by atoms with Crippen LogP contribution in [0.25, 0.3) is 32.9 Å². The Bertz CT molecular complexity index is 1880. The molecule has 9 nitrogen and oxygen atoms in total. The molecule has 0 aliphatic carbocycles. The van der Waals surface area contributed by atoms with Crippen LogP contribution in [-0.2, 0) is 0 Å². The summed E-state index contributed by atoms with van der Waals surface area (Å²) in [6.45, 7) is 5.09. The Morgan fingerprint density at radius 2 is 2.07 bits per heavy atom. The van der Waals surface area contributed by atoms with Gasteiger partial charge in [0.2, 0.25) is 5.88 Å². The topological polar surface area (TPSA) is 88.5 Å². The van der Waals surface area contributed by atoms with Gasteiger partial charge in [0.15, 0.2) is 5.82 Å². The van der Waals surface area contributed by atoms with Gasteiger partial charge in [-0.3, -0.25) is 9.88 Å². The van der Waals surface area contributed by atoms with E-state index in [9.17, 15) is 8.78 Å². The van der Waals surface area contributed by atoms with Crippen molar-refractivity contribution in [2.24, 2.45) is 0 Å². The summed E-state index contributed by atoms with van der Waals surface area (Å²) in [5, 5.41) is 4.75. The van der Waals surface area contributed by atoms with Gasteiger partial charge in [-0.25, -0.2) is 18.2 Å². The fourth-order valence-electron chi connectivity index (χ4n) is 7.81. The van der Waals surface area contributed by atoms with Crippen LogP contribution in [0.2, 0.25) is 0 Å². The summed E-state index contributed by atoms with van der Waals surface area (Å²) in [5.41, 5.74) is -0.375. The van der Waals surface area contributed by atoms with E-state index in [2.05, 4.69) is 42.9 Å². The molecule has 0 unspecified atom stereocenters. The molecule has 8 rings (SSSR count). The highest BCUT2D eigenvalue weighted by molar-refractivity contribution is 6.03. The van der Waals surface area contributed by atoms with Crippen molar-refractivity contribution in [2.45, 2.75) is 56.4 Å². The van der Waals surface area contributed by atoms with E-state index in [0.29, 0.717) is 48.0 Å². The standard InChI is InChI=1S/C33H32F3N7O2/c1-3-20-22(35)7-6-18-13-37-14-21(25(18)20)28-27(36)29-26-30(43-11-9-38-23(4-2)24(43)16-44-31(26)39-28)41-32(40-29)45-17-33-8-5-10-42(33)15-19(34)12-33/h1,6-7,13-14,19,23-24,38H,4-5,8-12,15-17H2,2H3/t19-,23+,24-,33+/m1/s1. The lowest BCUT2D eigenvalue weighted by Gasteiger charge is -2.41. The molecule has 232 valence electrons. The van der Waals surface area contributed by atoms with Crippen molar-refractivity contribution in [2.75, 3.05) is 44.3 Å². The molecule has 4 aromatic rings. The van der Waals surface area contributed by atoms with Gasteiger partial charge in [-0.15, -0.1) is 6.42 Å². The van der Waals surface area contributed by atoms with E-state index in [1.54, 1.807) is 12.3 Å². The molecule has 3 saturated heterocycles. The number of anilines is 1. The summed E-state index contributed by atoms with van der Waals surface area (Å²) in [4.78, 5) is 22.7. The Labute approximate surface area is 258 Å². The van der Waals surface area contributed by atoms with E-state index < -0.39 is 23.3 Å². The molecule has 4 aliphatic heterocycles. The molecule has 4 atom stereocenters. The van der Waals surface area contributed by atoms with Crippen LogP contribution in [0, 0.1) is 24.0 Å². The fourth-order valence-corrected chi connectivity index (χ4v) is 7.81. The highest BCUT2D eigenvalue weighted by atomic mass is 19.1. The van der Waals surface area contributed by atoms with Crippen molar-refractivity contribution < 1.29 is 22.6 Å². The minimum Gasteiger partial charge on any atom is -0.475 e. The molecule has 3 aromatic heterocycles. The lowest BCUT2D eigenvalue weighted by Crippen LogP contribution is -2.60. The molecule has 0 radical (unpaired) electrons. The summed E-state index contributed by atoms with van der Waals surface area (Å²) < 4.78 is 58.8. The number of piperazine rings is 1. The third kappa shape index (κ3) is 4.39. The van der Waals surface area contributed by atoms with Crippen LogP contribution in [0.4, 0.5) is 19.0 Å². The molecule has 0 amide bonds. The van der Waals surface area contributed by atoms with Crippen LogP contribution >= 0.6 is 0 Å². The predicted molar refractivity (Wildman–Crippen MR) is 163 cm³/mol. The van der Waals surface area contributed by atoms with Gasteiger partial charge in [0, 0.05) is 60.8 Å². The Hall–Kier alpha value is -4.21. The number of aromatic nitrogens is 4. The van der Waals surface area contributed by atoms with E-state index in [0.717, 1.165) is 25.8 Å². The first-order valence-electron chi connectivity index (χ1n) is 15.5. The second-order valence-electron chi connectivity index (χ2n) is 12.4. The van der Waals surface area contributed by atoms with Crippen LogP contribution < -0.4 is 19.7 Å². The third-order valence-electron chi connectivity index (χ3n) is 9.94. The zero-order chi connectivity index (χ0) is 30.9. The average Bonchev–Trinajstić information content (AvgIpc) is 3.52. The van der Waals surface area contributed by atoms with Crippen molar-refractivity contribution in [3.05, 3.63) is 41.7 Å². The van der Waals surface area contributed by atoms with Crippen molar-refractivity contribution in [1.29, 1.82) is 0 Å². The van der Waals surface area contributed by atoms with Crippen LogP contribution in [0.15, 0.2) is 24.5 Å². The number of alkyl halides is 1. The molecule has 0 bridgehead atoms. The number of nitrogens with one attached hydrogen (secondary N) is 1. The minimum absolute atomic E-state index is 0.00154. The van der Waals surface area contributed by atoms with E-state index >= 15 is 4.39 Å². The van der Waals surface area contributed by atoms with Gasteiger partial charge in [-0.1, -0.05) is 12.8 Å². The van der Waals surface area contributed by atoms with Crippen molar-refractivity contribution in [1.82, 2.24) is 30.2 Å². The summed E-state index contributed by atoms with van der Waals surface area (Å²) in [6.07, 6.45) is 10.8. The smallest absolute Gasteiger partial charge is 0.319 e. The minimum atomic E-state index is -0.915. The highest BCUT2D eigenvalue weighted by Gasteiger charge is 2.49. The molecule has 12 heteroatoms. The highest BCUT2D eigenvalue weighted by Crippen LogP contribution is 2.44. The number of halogens is 3. The van der Waals surface area contributed by atoms with Crippen LogP contribution in [0.5, 0.6) is 11.9 Å². The second-order valence-corrected chi connectivity index (χ2v) is 12.4. The Morgan fingerprint density at radius 3 is 2.91 bits per heavy atom. The van der Waals surface area contributed by atoms with Crippen molar-refractivity contribution >= 4 is 27.5 Å². The van der Waals surface area contributed by atoms with Gasteiger partial charge in [-0.2, -0.15) is 9.97 Å². The monoisotopic (exact) mass is 615 g/mol. The van der Waals surface area contributed by atoms with E-state index in [4.69, 9.17) is 20.9 Å². The lowest BCUT2D eigenvalue weighted by molar-refractivity contribution is 0.107. The largest absolute Gasteiger partial charge is 0.475 e. The average molecular weight is 616 g/mol. The zero-order valence-electron chi connectivity index (χ0n) is 24.8. The second kappa shape index (κ2) is 10.7. The number of ether oxygens (including phenoxy) is 2. The van der Waals surface area contributed by atoms with E-state index in [1.165, 1.54) is 12.3 Å². The van der Waals surface area contributed by atoms with Gasteiger partial charge in [0.05, 0.1) is 17.1 Å². The maximum Gasteiger partial charge on any atom is 0.319 e. The molecule has 45 heavy (non-hydrogen) atoms. The van der Waals surface area contributed by atoms with Gasteiger partial charge in [0.25, 0.3) is 0 Å². The summed E-state index contributed by atoms with van der Waals surface area (Å²) in [6, 6.07) is 2.80. The maximum atomic E-state index is 16.9. The molecular weight excluding hydrogens is 583 g/mol. The van der Waals surface area contributed by atoms with E-state index in [-0.39, 0.29) is 59.5 Å². The number of hydrogen-bond donors (Lipinski definition) is 1. The number of pyridine rings is 2. The lowest BCUT2D eigenvalue weighted by atomic mass is 9.95. The number of terminal acetylenes is 1.